The molecule has 0 aromatic carbocycles. The summed E-state index contributed by atoms with van der Waals surface area (Å²) < 4.78 is 7.57. The molecule has 7 nitrogen and oxygen atoms in total. The number of rotatable bonds is 6. The summed E-state index contributed by atoms with van der Waals surface area (Å²) in [5.41, 5.74) is -0.122. The van der Waals surface area contributed by atoms with Gasteiger partial charge in [-0.05, 0) is 12.1 Å². The molecule has 0 bridgehead atoms. The number of hydrogen-bond acceptors (Lipinski definition) is 5. The lowest BCUT2D eigenvalue weighted by Gasteiger charge is -2.09. The second-order valence-electron chi connectivity index (χ2n) is 4.72. The molecule has 0 aliphatic heterocycles. The van der Waals surface area contributed by atoms with Crippen LogP contribution in [-0.2, 0) is 31.2 Å². The molecule has 0 spiro atoms. The fraction of sp³-hybridized carbons (Fsp3) is 0.357. The number of nitrogens with zero attached hydrogens (tertiary/aromatic N) is 2. The van der Waals surface area contributed by atoms with Crippen molar-refractivity contribution < 1.29 is 9.21 Å². The van der Waals surface area contributed by atoms with Crippen LogP contribution in [0.25, 0.3) is 0 Å². The first-order valence-electron chi connectivity index (χ1n) is 6.62. The molecule has 2 heterocycles. The van der Waals surface area contributed by atoms with E-state index in [4.69, 9.17) is 4.42 Å². The lowest BCUT2D eigenvalue weighted by atomic mass is 10.4. The number of thioether (sulfide) groups is 1. The second kappa shape index (κ2) is 7.17. The smallest absolute Gasteiger partial charge is 0.330 e. The van der Waals surface area contributed by atoms with Gasteiger partial charge < -0.3 is 9.73 Å². The third-order valence-corrected chi connectivity index (χ3v) is 4.11. The Morgan fingerprint density at radius 1 is 1.32 bits per heavy atom. The number of aromatic nitrogens is 2. The van der Waals surface area contributed by atoms with Gasteiger partial charge in [0.05, 0.1) is 18.6 Å². The van der Waals surface area contributed by atoms with E-state index < -0.39 is 0 Å². The first-order valence-corrected chi connectivity index (χ1v) is 7.77. The zero-order valence-electron chi connectivity index (χ0n) is 12.4. The SMILES string of the molecule is Cn1c(CSCC(=O)NCc2ccco2)cc(=O)n(C)c1=O. The average Bonchev–Trinajstić information content (AvgIpc) is 3.01. The van der Waals surface area contributed by atoms with Crippen molar-refractivity contribution in [3.8, 4) is 0 Å². The van der Waals surface area contributed by atoms with Crippen LogP contribution in [0, 0.1) is 0 Å². The first-order chi connectivity index (χ1) is 10.5. The summed E-state index contributed by atoms with van der Waals surface area (Å²) >= 11 is 1.34. The number of carbonyl (C=O) groups excluding carboxylic acids is 1. The van der Waals surface area contributed by atoms with Crippen LogP contribution in [0.3, 0.4) is 0 Å². The molecule has 0 aliphatic rings. The summed E-state index contributed by atoms with van der Waals surface area (Å²) in [6, 6.07) is 4.95. The topological polar surface area (TPSA) is 86.2 Å². The van der Waals surface area contributed by atoms with Crippen LogP contribution in [0.5, 0.6) is 0 Å². The Balaban J connectivity index is 1.85. The average molecular weight is 323 g/mol. The van der Waals surface area contributed by atoms with Gasteiger partial charge in [-0.3, -0.25) is 18.7 Å². The Morgan fingerprint density at radius 3 is 2.77 bits per heavy atom. The van der Waals surface area contributed by atoms with Crippen LogP contribution in [0.4, 0.5) is 0 Å². The minimum Gasteiger partial charge on any atom is -0.467 e. The molecule has 8 heteroatoms. The Bertz CT molecular complexity index is 761. The van der Waals surface area contributed by atoms with Crippen LogP contribution < -0.4 is 16.6 Å². The van der Waals surface area contributed by atoms with Gasteiger partial charge in [0.1, 0.15) is 5.76 Å². The van der Waals surface area contributed by atoms with Crippen molar-refractivity contribution in [3.63, 3.8) is 0 Å². The van der Waals surface area contributed by atoms with Crippen molar-refractivity contribution in [2.24, 2.45) is 14.1 Å². The molecule has 0 radical (unpaired) electrons. The molecule has 118 valence electrons. The maximum absolute atomic E-state index is 11.8. The van der Waals surface area contributed by atoms with Crippen LogP contribution in [-0.4, -0.2) is 20.8 Å². The zero-order valence-corrected chi connectivity index (χ0v) is 13.2. The van der Waals surface area contributed by atoms with Crippen molar-refractivity contribution >= 4 is 17.7 Å². The largest absolute Gasteiger partial charge is 0.467 e. The van der Waals surface area contributed by atoms with Crippen molar-refractivity contribution in [3.05, 3.63) is 56.8 Å². The van der Waals surface area contributed by atoms with Gasteiger partial charge in [0, 0.05) is 31.6 Å². The van der Waals surface area contributed by atoms with Gasteiger partial charge in [0.15, 0.2) is 0 Å². The van der Waals surface area contributed by atoms with E-state index in [1.54, 1.807) is 25.4 Å². The standard InChI is InChI=1S/C14H17N3O4S/c1-16-10(6-13(19)17(2)14(16)20)8-22-9-12(18)15-7-11-4-3-5-21-11/h3-6H,7-9H2,1-2H3,(H,15,18). The predicted octanol–water partition coefficient (Wildman–Crippen LogP) is 0.227. The number of amides is 1. The molecule has 0 aliphatic carbocycles. The van der Waals surface area contributed by atoms with E-state index in [0.29, 0.717) is 23.8 Å². The third-order valence-electron chi connectivity index (χ3n) is 3.15. The Labute approximate surface area is 130 Å². The van der Waals surface area contributed by atoms with Gasteiger partial charge in [-0.2, -0.15) is 0 Å². The van der Waals surface area contributed by atoms with Crippen LogP contribution >= 0.6 is 11.8 Å². The van der Waals surface area contributed by atoms with Gasteiger partial charge in [0.25, 0.3) is 5.56 Å². The monoisotopic (exact) mass is 323 g/mol. The molecule has 22 heavy (non-hydrogen) atoms. The summed E-state index contributed by atoms with van der Waals surface area (Å²) in [7, 11) is 3.04. The van der Waals surface area contributed by atoms with Gasteiger partial charge >= 0.3 is 5.69 Å². The second-order valence-corrected chi connectivity index (χ2v) is 5.71. The predicted molar refractivity (Wildman–Crippen MR) is 83.6 cm³/mol. The Morgan fingerprint density at radius 2 is 2.09 bits per heavy atom. The number of nitrogens with one attached hydrogen (secondary N) is 1. The molecule has 0 unspecified atom stereocenters. The fourth-order valence-corrected chi connectivity index (χ4v) is 2.69. The molecule has 1 amide bonds. The van der Waals surface area contributed by atoms with E-state index in [0.717, 1.165) is 4.57 Å². The third kappa shape index (κ3) is 3.91. The zero-order chi connectivity index (χ0) is 16.1. The van der Waals surface area contributed by atoms with E-state index in [-0.39, 0.29) is 22.9 Å². The fourth-order valence-electron chi connectivity index (χ4n) is 1.81. The van der Waals surface area contributed by atoms with E-state index >= 15 is 0 Å². The molecule has 1 N–H and O–H groups in total. The highest BCUT2D eigenvalue weighted by atomic mass is 32.2. The molecule has 2 aromatic rings. The molecule has 2 rings (SSSR count). The van der Waals surface area contributed by atoms with Crippen LogP contribution in [0.1, 0.15) is 11.5 Å². The number of furan rings is 1. The van der Waals surface area contributed by atoms with Gasteiger partial charge in [-0.25, -0.2) is 4.79 Å². The minimum atomic E-state index is -0.370. The van der Waals surface area contributed by atoms with Crippen molar-refractivity contribution in [2.45, 2.75) is 12.3 Å². The Hall–Kier alpha value is -2.22. The molecule has 0 atom stereocenters. The van der Waals surface area contributed by atoms with E-state index in [9.17, 15) is 14.4 Å². The molecule has 0 saturated carbocycles. The van der Waals surface area contributed by atoms with Gasteiger partial charge in [0.2, 0.25) is 5.91 Å². The van der Waals surface area contributed by atoms with Crippen molar-refractivity contribution in [1.29, 1.82) is 0 Å². The lowest BCUT2D eigenvalue weighted by Crippen LogP contribution is -2.37. The highest BCUT2D eigenvalue weighted by Crippen LogP contribution is 2.08. The van der Waals surface area contributed by atoms with Crippen molar-refractivity contribution in [1.82, 2.24) is 14.5 Å². The normalized spacial score (nSPS) is 10.6. The highest BCUT2D eigenvalue weighted by Gasteiger charge is 2.08. The molecular formula is C14H17N3O4S. The van der Waals surface area contributed by atoms with Gasteiger partial charge in [-0.15, -0.1) is 11.8 Å². The summed E-state index contributed by atoms with van der Waals surface area (Å²) in [4.78, 5) is 35.1. The van der Waals surface area contributed by atoms with Gasteiger partial charge in [-0.1, -0.05) is 0 Å². The minimum absolute atomic E-state index is 0.129. The Kier molecular flexibility index (Phi) is 5.26. The van der Waals surface area contributed by atoms with E-state index in [1.807, 2.05) is 0 Å². The molecule has 0 fully saturated rings. The summed E-state index contributed by atoms with van der Waals surface area (Å²) in [5.74, 6) is 1.21. The maximum Gasteiger partial charge on any atom is 0.330 e. The molecule has 2 aromatic heterocycles. The maximum atomic E-state index is 11.8. The van der Waals surface area contributed by atoms with Crippen LogP contribution in [0.15, 0.2) is 38.5 Å². The summed E-state index contributed by atoms with van der Waals surface area (Å²) in [6.45, 7) is 0.344. The van der Waals surface area contributed by atoms with Crippen molar-refractivity contribution in [2.75, 3.05) is 5.75 Å². The molecule has 0 saturated heterocycles. The quantitative estimate of drug-likeness (QED) is 0.822. The number of hydrogen-bond donors (Lipinski definition) is 1. The highest BCUT2D eigenvalue weighted by molar-refractivity contribution is 7.99. The summed E-state index contributed by atoms with van der Waals surface area (Å²) in [6.07, 6.45) is 1.55. The first kappa shape index (κ1) is 16.2. The van der Waals surface area contributed by atoms with Crippen LogP contribution in [0.2, 0.25) is 0 Å². The summed E-state index contributed by atoms with van der Waals surface area (Å²) in [5, 5.41) is 2.73. The molecular weight excluding hydrogens is 306 g/mol. The lowest BCUT2D eigenvalue weighted by molar-refractivity contribution is -0.118. The van der Waals surface area contributed by atoms with E-state index in [2.05, 4.69) is 5.32 Å². The van der Waals surface area contributed by atoms with E-state index in [1.165, 1.54) is 29.4 Å². The number of carbonyl (C=O) groups is 1.